The van der Waals surface area contributed by atoms with Gasteiger partial charge >= 0.3 is 0 Å². The van der Waals surface area contributed by atoms with Crippen LogP contribution in [-0.2, 0) is 0 Å². The van der Waals surface area contributed by atoms with Crippen molar-refractivity contribution in [2.24, 2.45) is 4.99 Å². The summed E-state index contributed by atoms with van der Waals surface area (Å²) in [4.78, 5) is 3.82. The Hall–Kier alpha value is -0.830. The summed E-state index contributed by atoms with van der Waals surface area (Å²) in [5.74, 6) is 0.646. The van der Waals surface area contributed by atoms with Gasteiger partial charge in [-0.05, 0) is 13.0 Å². The first-order valence-electron chi connectivity index (χ1n) is 2.46. The fourth-order valence-corrected chi connectivity index (χ4v) is 0.506. The van der Waals surface area contributed by atoms with Crippen molar-refractivity contribution in [3.8, 4) is 0 Å². The van der Waals surface area contributed by atoms with Gasteiger partial charge in [-0.1, -0.05) is 0 Å². The van der Waals surface area contributed by atoms with E-state index in [1.807, 2.05) is 0 Å². The SMILES string of the molecule is CC1=NC=CCN1O. The number of hydrogen-bond donors (Lipinski definition) is 1. The third-order valence-corrected chi connectivity index (χ3v) is 1.02. The van der Waals surface area contributed by atoms with Gasteiger partial charge in [0, 0.05) is 6.20 Å². The molecule has 3 heteroatoms. The fourth-order valence-electron chi connectivity index (χ4n) is 0.506. The minimum Gasteiger partial charge on any atom is -0.287 e. The molecule has 0 atom stereocenters. The zero-order chi connectivity index (χ0) is 5.98. The molecule has 0 aromatic carbocycles. The van der Waals surface area contributed by atoms with Gasteiger partial charge < -0.3 is 0 Å². The molecular weight excluding hydrogens is 104 g/mol. The third-order valence-electron chi connectivity index (χ3n) is 1.02. The quantitative estimate of drug-likeness (QED) is 0.498. The normalized spacial score (nSPS) is 18.8. The zero-order valence-corrected chi connectivity index (χ0v) is 4.70. The van der Waals surface area contributed by atoms with E-state index in [1.54, 1.807) is 19.2 Å². The molecule has 1 N–H and O–H groups in total. The summed E-state index contributed by atoms with van der Waals surface area (Å²) >= 11 is 0. The first kappa shape index (κ1) is 5.31. The molecule has 44 valence electrons. The lowest BCUT2D eigenvalue weighted by Gasteiger charge is -2.15. The summed E-state index contributed by atoms with van der Waals surface area (Å²) in [5.41, 5.74) is 0. The number of aliphatic imine (C=N–C) groups is 1. The fraction of sp³-hybridized carbons (Fsp3) is 0.400. The van der Waals surface area contributed by atoms with E-state index in [1.165, 1.54) is 0 Å². The summed E-state index contributed by atoms with van der Waals surface area (Å²) in [5, 5.41) is 9.93. The van der Waals surface area contributed by atoms with Crippen LogP contribution in [0.4, 0.5) is 0 Å². The van der Waals surface area contributed by atoms with Gasteiger partial charge in [-0.25, -0.2) is 10.1 Å². The second-order valence-corrected chi connectivity index (χ2v) is 1.64. The number of rotatable bonds is 0. The molecule has 0 aliphatic carbocycles. The van der Waals surface area contributed by atoms with E-state index < -0.39 is 0 Å². The van der Waals surface area contributed by atoms with E-state index in [-0.39, 0.29) is 0 Å². The molecule has 3 nitrogen and oxygen atoms in total. The second-order valence-electron chi connectivity index (χ2n) is 1.64. The van der Waals surface area contributed by atoms with Crippen LogP contribution < -0.4 is 0 Å². The van der Waals surface area contributed by atoms with Gasteiger partial charge in [-0.3, -0.25) is 5.21 Å². The van der Waals surface area contributed by atoms with Crippen LogP contribution in [0.5, 0.6) is 0 Å². The minimum atomic E-state index is 0.551. The number of hydrogen-bond acceptors (Lipinski definition) is 3. The van der Waals surface area contributed by atoms with Crippen molar-refractivity contribution >= 4 is 5.84 Å². The Kier molecular flexibility index (Phi) is 1.30. The molecule has 0 unspecified atom stereocenters. The lowest BCUT2D eigenvalue weighted by Crippen LogP contribution is -2.26. The first-order chi connectivity index (χ1) is 3.80. The first-order valence-corrected chi connectivity index (χ1v) is 2.46. The van der Waals surface area contributed by atoms with Gasteiger partial charge in [0.15, 0.2) is 0 Å². The highest BCUT2D eigenvalue weighted by molar-refractivity contribution is 5.79. The summed E-state index contributed by atoms with van der Waals surface area (Å²) in [6.07, 6.45) is 3.47. The average Bonchev–Trinajstić information content (AvgIpc) is 1.77. The van der Waals surface area contributed by atoms with Gasteiger partial charge in [0.25, 0.3) is 0 Å². The lowest BCUT2D eigenvalue weighted by atomic mass is 10.5. The highest BCUT2D eigenvalue weighted by Crippen LogP contribution is 1.94. The van der Waals surface area contributed by atoms with Crippen molar-refractivity contribution in [2.75, 3.05) is 6.54 Å². The molecule has 0 spiro atoms. The molecule has 0 radical (unpaired) electrons. The van der Waals surface area contributed by atoms with Crippen molar-refractivity contribution in [1.29, 1.82) is 0 Å². The molecule has 0 bridgehead atoms. The maximum Gasteiger partial charge on any atom is 0.125 e. The molecular formula is C5H8N2O. The smallest absolute Gasteiger partial charge is 0.125 e. The Labute approximate surface area is 47.9 Å². The Morgan fingerprint density at radius 3 is 3.00 bits per heavy atom. The minimum absolute atomic E-state index is 0.551. The molecule has 0 fully saturated rings. The van der Waals surface area contributed by atoms with E-state index in [2.05, 4.69) is 4.99 Å². The monoisotopic (exact) mass is 112 g/mol. The Morgan fingerprint density at radius 1 is 1.88 bits per heavy atom. The summed E-state index contributed by atoms with van der Waals surface area (Å²) in [6.45, 7) is 2.30. The number of amidine groups is 1. The van der Waals surface area contributed by atoms with Crippen LogP contribution in [0.15, 0.2) is 17.3 Å². The maximum atomic E-state index is 8.83. The molecule has 0 aromatic rings. The lowest BCUT2D eigenvalue weighted by molar-refractivity contribution is -0.00483. The predicted octanol–water partition coefficient (Wildman–Crippen LogP) is 0.623. The maximum absolute atomic E-state index is 8.83. The Morgan fingerprint density at radius 2 is 2.62 bits per heavy atom. The number of nitrogens with zero attached hydrogens (tertiary/aromatic N) is 2. The van der Waals surface area contributed by atoms with Crippen molar-refractivity contribution in [3.63, 3.8) is 0 Å². The molecule has 0 aromatic heterocycles. The van der Waals surface area contributed by atoms with Crippen molar-refractivity contribution in [2.45, 2.75) is 6.92 Å². The molecule has 0 saturated heterocycles. The van der Waals surface area contributed by atoms with Crippen molar-refractivity contribution < 1.29 is 5.21 Å². The third kappa shape index (κ3) is 0.869. The molecule has 0 amide bonds. The van der Waals surface area contributed by atoms with E-state index in [4.69, 9.17) is 5.21 Å². The van der Waals surface area contributed by atoms with E-state index >= 15 is 0 Å². The molecule has 1 aliphatic rings. The highest BCUT2D eigenvalue weighted by Gasteiger charge is 2.00. The summed E-state index contributed by atoms with van der Waals surface area (Å²) < 4.78 is 0. The summed E-state index contributed by atoms with van der Waals surface area (Å²) in [7, 11) is 0. The van der Waals surface area contributed by atoms with Crippen LogP contribution in [0, 0.1) is 0 Å². The molecule has 1 heterocycles. The van der Waals surface area contributed by atoms with Crippen LogP contribution >= 0.6 is 0 Å². The van der Waals surface area contributed by atoms with Crippen LogP contribution in [-0.4, -0.2) is 22.7 Å². The van der Waals surface area contributed by atoms with Crippen LogP contribution in [0.2, 0.25) is 0 Å². The second kappa shape index (κ2) is 1.96. The highest BCUT2D eigenvalue weighted by atomic mass is 16.5. The van der Waals surface area contributed by atoms with Gasteiger partial charge in [0.1, 0.15) is 5.84 Å². The Balaban J connectivity index is 2.66. The van der Waals surface area contributed by atoms with E-state index in [0.717, 1.165) is 5.06 Å². The number of hydroxylamine groups is 2. The predicted molar refractivity (Wildman–Crippen MR) is 30.7 cm³/mol. The van der Waals surface area contributed by atoms with Gasteiger partial charge in [-0.2, -0.15) is 0 Å². The standard InChI is InChI=1S/C5H8N2O/c1-5-6-3-2-4-7(5)8/h2-3,8H,4H2,1H3. The topological polar surface area (TPSA) is 35.8 Å². The molecule has 8 heavy (non-hydrogen) atoms. The van der Waals surface area contributed by atoms with Crippen LogP contribution in [0.3, 0.4) is 0 Å². The average molecular weight is 112 g/mol. The van der Waals surface area contributed by atoms with E-state index in [9.17, 15) is 0 Å². The summed E-state index contributed by atoms with van der Waals surface area (Å²) in [6, 6.07) is 0. The molecule has 1 rings (SSSR count). The van der Waals surface area contributed by atoms with Gasteiger partial charge in [0.05, 0.1) is 6.54 Å². The van der Waals surface area contributed by atoms with Crippen molar-refractivity contribution in [3.05, 3.63) is 12.3 Å². The van der Waals surface area contributed by atoms with Crippen LogP contribution in [0.25, 0.3) is 0 Å². The largest absolute Gasteiger partial charge is 0.287 e. The molecule has 1 aliphatic heterocycles. The van der Waals surface area contributed by atoms with Gasteiger partial charge in [0.2, 0.25) is 0 Å². The Bertz CT molecular complexity index is 139. The van der Waals surface area contributed by atoms with E-state index in [0.29, 0.717) is 12.4 Å². The molecule has 0 saturated carbocycles. The van der Waals surface area contributed by atoms with Crippen LogP contribution in [0.1, 0.15) is 6.92 Å². The zero-order valence-electron chi connectivity index (χ0n) is 4.70. The van der Waals surface area contributed by atoms with Gasteiger partial charge in [-0.15, -0.1) is 0 Å². The van der Waals surface area contributed by atoms with Crippen molar-refractivity contribution in [1.82, 2.24) is 5.06 Å².